The fourth-order valence-corrected chi connectivity index (χ4v) is 5.70. The first-order valence-corrected chi connectivity index (χ1v) is 10.5. The summed E-state index contributed by atoms with van der Waals surface area (Å²) in [5, 5.41) is 0.326. The van der Waals surface area contributed by atoms with Gasteiger partial charge in [-0.3, -0.25) is 14.4 Å². The molecule has 0 saturated carbocycles. The summed E-state index contributed by atoms with van der Waals surface area (Å²) >= 11 is 8.18. The van der Waals surface area contributed by atoms with Gasteiger partial charge in [-0.05, 0) is 31.5 Å². The van der Waals surface area contributed by atoms with Gasteiger partial charge in [0.05, 0.1) is 24.2 Å². The Hall–Kier alpha value is -1.77. The summed E-state index contributed by atoms with van der Waals surface area (Å²) in [7, 11) is 0. The normalized spacial score (nSPS) is 21.4. The number of H-pyrrole nitrogens is 1. The molecule has 6 nitrogen and oxygen atoms in total. The summed E-state index contributed by atoms with van der Waals surface area (Å²) in [4.78, 5) is 40.7. The molecule has 27 heavy (non-hydrogen) atoms. The minimum absolute atomic E-state index is 0.194. The number of carbonyl (C=O) groups is 2. The van der Waals surface area contributed by atoms with Crippen molar-refractivity contribution in [2.75, 3.05) is 13.2 Å². The second-order valence-corrected chi connectivity index (χ2v) is 8.41. The van der Waals surface area contributed by atoms with Crippen molar-refractivity contribution in [3.05, 3.63) is 49.4 Å². The molecule has 3 rings (SSSR count). The van der Waals surface area contributed by atoms with Crippen LogP contribution in [0.2, 0.25) is 5.02 Å². The quantitative estimate of drug-likeness (QED) is 0.735. The standard InChI is InChI=1S/C18H18ClNO5S2/c1-3-24-16(21)12-11(9-5-7-10(19)8-6-9)13-15(20-18(23)27-13)26-14(12)17(22)25-4-2/h5-8,11-12,14H,3-4H2,1-2H3,(H,20,23)/t11-,12-,14+/m0/s1. The predicted molar refractivity (Wildman–Crippen MR) is 105 cm³/mol. The zero-order valence-electron chi connectivity index (χ0n) is 14.7. The van der Waals surface area contributed by atoms with Gasteiger partial charge in [0.1, 0.15) is 5.25 Å². The molecule has 1 N–H and O–H groups in total. The Bertz CT molecular complexity index is 892. The van der Waals surface area contributed by atoms with Crippen molar-refractivity contribution >= 4 is 46.6 Å². The second kappa shape index (κ2) is 8.50. The molecule has 0 bridgehead atoms. The molecule has 1 aliphatic rings. The third-order valence-electron chi connectivity index (χ3n) is 4.16. The van der Waals surface area contributed by atoms with E-state index in [1.807, 2.05) is 0 Å². The third kappa shape index (κ3) is 4.07. The van der Waals surface area contributed by atoms with Crippen LogP contribution in [0, 0.1) is 5.92 Å². The topological polar surface area (TPSA) is 85.5 Å². The molecule has 0 unspecified atom stereocenters. The Morgan fingerprint density at radius 1 is 1.11 bits per heavy atom. The molecule has 0 spiro atoms. The SMILES string of the molecule is CCOC(=O)[C@H]1[C@H](c2ccc(Cl)cc2)c2sc(=O)[nH]c2S[C@H]1C(=O)OCC. The van der Waals surface area contributed by atoms with Crippen molar-refractivity contribution in [3.8, 4) is 0 Å². The van der Waals surface area contributed by atoms with Crippen LogP contribution in [0.3, 0.4) is 0 Å². The first-order chi connectivity index (χ1) is 13.0. The van der Waals surface area contributed by atoms with Crippen molar-refractivity contribution in [2.24, 2.45) is 5.92 Å². The van der Waals surface area contributed by atoms with Crippen molar-refractivity contribution in [1.82, 2.24) is 4.98 Å². The Morgan fingerprint density at radius 2 is 1.74 bits per heavy atom. The zero-order valence-corrected chi connectivity index (χ0v) is 17.1. The van der Waals surface area contributed by atoms with Crippen molar-refractivity contribution < 1.29 is 19.1 Å². The first kappa shape index (κ1) is 20.0. The summed E-state index contributed by atoms with van der Waals surface area (Å²) in [6.07, 6.45) is 0. The van der Waals surface area contributed by atoms with Gasteiger partial charge in [0.2, 0.25) is 0 Å². The average Bonchev–Trinajstić information content (AvgIpc) is 3.01. The highest BCUT2D eigenvalue weighted by molar-refractivity contribution is 8.00. The molecular formula is C18H18ClNO5S2. The monoisotopic (exact) mass is 427 g/mol. The number of aromatic amines is 1. The number of halogens is 1. The van der Waals surface area contributed by atoms with Gasteiger partial charge in [-0.25, -0.2) is 0 Å². The van der Waals surface area contributed by atoms with Gasteiger partial charge in [0, 0.05) is 15.8 Å². The lowest BCUT2D eigenvalue weighted by molar-refractivity contribution is -0.154. The molecule has 0 aliphatic carbocycles. The van der Waals surface area contributed by atoms with E-state index >= 15 is 0 Å². The lowest BCUT2D eigenvalue weighted by Crippen LogP contribution is -2.41. The lowest BCUT2D eigenvalue weighted by atomic mass is 9.82. The van der Waals surface area contributed by atoms with E-state index in [1.165, 1.54) is 0 Å². The van der Waals surface area contributed by atoms with E-state index in [2.05, 4.69) is 4.98 Å². The highest BCUT2D eigenvalue weighted by atomic mass is 35.5. The molecule has 1 aromatic heterocycles. The highest BCUT2D eigenvalue weighted by Gasteiger charge is 2.49. The van der Waals surface area contributed by atoms with E-state index in [1.54, 1.807) is 38.1 Å². The Morgan fingerprint density at radius 3 is 2.37 bits per heavy atom. The smallest absolute Gasteiger partial charge is 0.320 e. The lowest BCUT2D eigenvalue weighted by Gasteiger charge is -2.34. The van der Waals surface area contributed by atoms with Crippen LogP contribution in [0.25, 0.3) is 0 Å². The van der Waals surface area contributed by atoms with Crippen LogP contribution in [-0.2, 0) is 19.1 Å². The molecule has 2 aromatic rings. The average molecular weight is 428 g/mol. The molecule has 3 atom stereocenters. The predicted octanol–water partition coefficient (Wildman–Crippen LogP) is 3.44. The van der Waals surface area contributed by atoms with E-state index in [9.17, 15) is 14.4 Å². The molecule has 9 heteroatoms. The molecule has 144 valence electrons. The van der Waals surface area contributed by atoms with Crippen LogP contribution in [-0.4, -0.2) is 35.4 Å². The summed E-state index contributed by atoms with van der Waals surface area (Å²) in [6, 6.07) is 7.03. The van der Waals surface area contributed by atoms with E-state index in [4.69, 9.17) is 21.1 Å². The number of thioether (sulfide) groups is 1. The van der Waals surface area contributed by atoms with Crippen molar-refractivity contribution in [3.63, 3.8) is 0 Å². The first-order valence-electron chi connectivity index (χ1n) is 8.44. The second-order valence-electron chi connectivity index (χ2n) is 5.81. The van der Waals surface area contributed by atoms with Crippen molar-refractivity contribution in [1.29, 1.82) is 0 Å². The van der Waals surface area contributed by atoms with Gasteiger partial charge in [0.25, 0.3) is 0 Å². The molecule has 2 heterocycles. The molecule has 0 amide bonds. The molecule has 1 aliphatic heterocycles. The number of nitrogens with one attached hydrogen (secondary N) is 1. The number of benzene rings is 1. The number of aromatic nitrogens is 1. The summed E-state index contributed by atoms with van der Waals surface area (Å²) in [6.45, 7) is 3.81. The number of fused-ring (bicyclic) bond motifs is 1. The van der Waals surface area contributed by atoms with Gasteiger partial charge in [-0.2, -0.15) is 0 Å². The van der Waals surface area contributed by atoms with Gasteiger partial charge in [-0.15, -0.1) is 0 Å². The maximum absolute atomic E-state index is 12.8. The Balaban J connectivity index is 2.15. The maximum Gasteiger partial charge on any atom is 0.320 e. The number of esters is 2. The van der Waals surface area contributed by atoms with Crippen LogP contribution in [0.5, 0.6) is 0 Å². The van der Waals surface area contributed by atoms with Crippen LogP contribution in [0.1, 0.15) is 30.2 Å². The fraction of sp³-hybridized carbons (Fsp3) is 0.389. The van der Waals surface area contributed by atoms with Crippen molar-refractivity contribution in [2.45, 2.75) is 30.0 Å². The molecule has 0 saturated heterocycles. The van der Waals surface area contributed by atoms with Gasteiger partial charge in [-0.1, -0.05) is 46.8 Å². The molecule has 1 aromatic carbocycles. The minimum Gasteiger partial charge on any atom is -0.466 e. The van der Waals surface area contributed by atoms with E-state index in [0.717, 1.165) is 28.7 Å². The number of rotatable bonds is 5. The third-order valence-corrected chi connectivity index (χ3v) is 6.81. The Kier molecular flexibility index (Phi) is 6.29. The van der Waals surface area contributed by atoms with Crippen LogP contribution in [0.15, 0.2) is 34.1 Å². The minimum atomic E-state index is -0.817. The summed E-state index contributed by atoms with van der Waals surface area (Å²) in [5.74, 6) is -2.31. The number of hydrogen-bond donors (Lipinski definition) is 1. The van der Waals surface area contributed by atoms with Gasteiger partial charge < -0.3 is 14.5 Å². The number of carbonyl (C=O) groups excluding carboxylic acids is 2. The van der Waals surface area contributed by atoms with E-state index in [0.29, 0.717) is 14.9 Å². The fourth-order valence-electron chi connectivity index (χ4n) is 3.10. The van der Waals surface area contributed by atoms with Gasteiger partial charge in [0.15, 0.2) is 0 Å². The van der Waals surface area contributed by atoms with E-state index in [-0.39, 0.29) is 18.1 Å². The number of ether oxygens (including phenoxy) is 2. The summed E-state index contributed by atoms with van der Waals surface area (Å²) in [5.41, 5.74) is 0.781. The Labute approximate surface area is 169 Å². The molecule has 0 radical (unpaired) electrons. The number of hydrogen-bond acceptors (Lipinski definition) is 7. The van der Waals surface area contributed by atoms with Gasteiger partial charge >= 0.3 is 16.8 Å². The van der Waals surface area contributed by atoms with Crippen LogP contribution in [0.4, 0.5) is 0 Å². The number of thiazole rings is 1. The highest BCUT2D eigenvalue weighted by Crippen LogP contribution is 2.49. The molecular weight excluding hydrogens is 410 g/mol. The van der Waals surface area contributed by atoms with E-state index < -0.39 is 29.0 Å². The summed E-state index contributed by atoms with van der Waals surface area (Å²) < 4.78 is 10.5. The maximum atomic E-state index is 12.8. The van der Waals surface area contributed by atoms with Crippen LogP contribution >= 0.6 is 34.7 Å². The van der Waals surface area contributed by atoms with Crippen LogP contribution < -0.4 is 4.87 Å². The zero-order chi connectivity index (χ0) is 19.6. The largest absolute Gasteiger partial charge is 0.466 e. The molecule has 0 fully saturated rings.